The van der Waals surface area contributed by atoms with Crippen LogP contribution in [0, 0.1) is 5.41 Å². The summed E-state index contributed by atoms with van der Waals surface area (Å²) in [5, 5.41) is 7.39. The predicted octanol–water partition coefficient (Wildman–Crippen LogP) is 2.56. The fraction of sp³-hybridized carbons (Fsp3) is 0.467. The molecule has 22 heavy (non-hydrogen) atoms. The van der Waals surface area contributed by atoms with Gasteiger partial charge in [0.05, 0.1) is 12.0 Å². The summed E-state index contributed by atoms with van der Waals surface area (Å²) in [7, 11) is 0. The third-order valence-electron chi connectivity index (χ3n) is 3.13. The van der Waals surface area contributed by atoms with Gasteiger partial charge in [0.2, 0.25) is 5.91 Å². The standard InChI is InChI=1S/C15H22Cl2N4O/c1-4-19-14(21-9-15(2,3)13(18)22)20-8-10-5-6-11(16)7-12(10)17/h5-7H,4,8-9H2,1-3H3,(H2,18,22)(H2,19,20,21). The molecule has 7 heteroatoms. The summed E-state index contributed by atoms with van der Waals surface area (Å²) in [6, 6.07) is 5.30. The number of nitrogens with two attached hydrogens (primary N) is 1. The third kappa shape index (κ3) is 5.73. The van der Waals surface area contributed by atoms with Crippen molar-refractivity contribution >= 4 is 35.1 Å². The first-order chi connectivity index (χ1) is 10.3. The number of halogens is 2. The maximum Gasteiger partial charge on any atom is 0.224 e. The maximum absolute atomic E-state index is 11.3. The van der Waals surface area contributed by atoms with Crippen LogP contribution in [-0.2, 0) is 11.3 Å². The number of rotatable bonds is 6. The Morgan fingerprint density at radius 2 is 2.00 bits per heavy atom. The number of primary amides is 1. The molecule has 1 amide bonds. The van der Waals surface area contributed by atoms with E-state index >= 15 is 0 Å². The fourth-order valence-electron chi connectivity index (χ4n) is 1.55. The largest absolute Gasteiger partial charge is 0.369 e. The van der Waals surface area contributed by atoms with Gasteiger partial charge >= 0.3 is 0 Å². The summed E-state index contributed by atoms with van der Waals surface area (Å²) in [6.45, 7) is 7.03. The molecule has 0 aliphatic carbocycles. The second-order valence-corrected chi connectivity index (χ2v) is 6.38. The quantitative estimate of drug-likeness (QED) is 0.548. The number of guanidine groups is 1. The van der Waals surface area contributed by atoms with E-state index in [0.29, 0.717) is 35.6 Å². The van der Waals surface area contributed by atoms with Gasteiger partial charge in [0, 0.05) is 23.1 Å². The predicted molar refractivity (Wildman–Crippen MR) is 92.3 cm³/mol. The number of aliphatic imine (C=N–C) groups is 1. The lowest BCUT2D eigenvalue weighted by molar-refractivity contribution is -0.125. The number of benzene rings is 1. The number of nitrogens with one attached hydrogen (secondary N) is 2. The van der Waals surface area contributed by atoms with Gasteiger partial charge in [0.25, 0.3) is 0 Å². The zero-order valence-corrected chi connectivity index (χ0v) is 14.6. The normalized spacial score (nSPS) is 12.1. The van der Waals surface area contributed by atoms with Gasteiger partial charge < -0.3 is 16.4 Å². The Morgan fingerprint density at radius 3 is 2.55 bits per heavy atom. The van der Waals surface area contributed by atoms with Gasteiger partial charge in [0.1, 0.15) is 0 Å². The van der Waals surface area contributed by atoms with Crippen LogP contribution in [0.25, 0.3) is 0 Å². The summed E-state index contributed by atoms with van der Waals surface area (Å²) < 4.78 is 0. The van der Waals surface area contributed by atoms with Crippen LogP contribution in [0.3, 0.4) is 0 Å². The molecule has 0 spiro atoms. The Hall–Kier alpha value is -1.46. The van der Waals surface area contributed by atoms with Crippen LogP contribution in [0.5, 0.6) is 0 Å². The fourth-order valence-corrected chi connectivity index (χ4v) is 2.02. The Bertz CT molecular complexity index is 558. The van der Waals surface area contributed by atoms with Crippen LogP contribution < -0.4 is 16.4 Å². The van der Waals surface area contributed by atoms with Crippen LogP contribution >= 0.6 is 23.2 Å². The van der Waals surface area contributed by atoms with Crippen LogP contribution in [0.4, 0.5) is 0 Å². The van der Waals surface area contributed by atoms with E-state index in [2.05, 4.69) is 15.6 Å². The van der Waals surface area contributed by atoms with Gasteiger partial charge in [-0.1, -0.05) is 29.3 Å². The smallest absolute Gasteiger partial charge is 0.224 e. The molecule has 0 heterocycles. The first-order valence-electron chi connectivity index (χ1n) is 7.02. The number of hydrogen-bond donors (Lipinski definition) is 3. The van der Waals surface area contributed by atoms with Crippen molar-refractivity contribution in [3.63, 3.8) is 0 Å². The van der Waals surface area contributed by atoms with E-state index in [1.54, 1.807) is 26.0 Å². The highest BCUT2D eigenvalue weighted by Gasteiger charge is 2.24. The molecule has 122 valence electrons. The molecular weight excluding hydrogens is 323 g/mol. The van der Waals surface area contributed by atoms with Crippen molar-refractivity contribution in [3.05, 3.63) is 33.8 Å². The highest BCUT2D eigenvalue weighted by Crippen LogP contribution is 2.21. The highest BCUT2D eigenvalue weighted by atomic mass is 35.5. The molecule has 0 unspecified atom stereocenters. The summed E-state index contributed by atoms with van der Waals surface area (Å²) in [5.74, 6) is 0.236. The number of carbonyl (C=O) groups excluding carboxylic acids is 1. The van der Waals surface area contributed by atoms with Gasteiger partial charge in [-0.25, -0.2) is 4.99 Å². The minimum atomic E-state index is -0.659. The van der Waals surface area contributed by atoms with Crippen molar-refractivity contribution < 1.29 is 4.79 Å². The van der Waals surface area contributed by atoms with E-state index in [1.807, 2.05) is 13.0 Å². The summed E-state index contributed by atoms with van der Waals surface area (Å²) >= 11 is 12.0. The van der Waals surface area contributed by atoms with Crippen molar-refractivity contribution in [2.45, 2.75) is 27.3 Å². The zero-order chi connectivity index (χ0) is 16.8. The molecule has 1 aromatic carbocycles. The molecule has 1 aromatic rings. The molecule has 0 fully saturated rings. The average Bonchev–Trinajstić information content (AvgIpc) is 2.43. The second kappa shape index (κ2) is 8.25. The second-order valence-electron chi connectivity index (χ2n) is 5.53. The number of amides is 1. The third-order valence-corrected chi connectivity index (χ3v) is 3.72. The molecule has 0 radical (unpaired) electrons. The Balaban J connectivity index is 2.75. The number of carbonyl (C=O) groups is 1. The van der Waals surface area contributed by atoms with Crippen molar-refractivity contribution in [1.29, 1.82) is 0 Å². The van der Waals surface area contributed by atoms with Gasteiger partial charge in [-0.2, -0.15) is 0 Å². The summed E-state index contributed by atoms with van der Waals surface area (Å²) in [5.41, 5.74) is 5.57. The lowest BCUT2D eigenvalue weighted by Gasteiger charge is -2.22. The molecule has 0 aliphatic heterocycles. The van der Waals surface area contributed by atoms with E-state index in [1.165, 1.54) is 0 Å². The Labute approximate surface area is 141 Å². The van der Waals surface area contributed by atoms with E-state index < -0.39 is 5.41 Å². The highest BCUT2D eigenvalue weighted by molar-refractivity contribution is 6.35. The van der Waals surface area contributed by atoms with Crippen molar-refractivity contribution in [2.24, 2.45) is 16.1 Å². The van der Waals surface area contributed by atoms with Crippen molar-refractivity contribution in [2.75, 3.05) is 13.1 Å². The molecule has 0 saturated carbocycles. The van der Waals surface area contributed by atoms with E-state index in [-0.39, 0.29) is 5.91 Å². The van der Waals surface area contributed by atoms with Gasteiger partial charge in [-0.05, 0) is 38.5 Å². The minimum absolute atomic E-state index is 0.364. The summed E-state index contributed by atoms with van der Waals surface area (Å²) in [6.07, 6.45) is 0. The van der Waals surface area contributed by atoms with Crippen LogP contribution in [0.1, 0.15) is 26.3 Å². The van der Waals surface area contributed by atoms with Crippen LogP contribution in [0.15, 0.2) is 23.2 Å². The molecular formula is C15H22Cl2N4O. The molecule has 0 aliphatic rings. The van der Waals surface area contributed by atoms with Crippen LogP contribution in [0.2, 0.25) is 10.0 Å². The first kappa shape index (κ1) is 18.6. The molecule has 0 saturated heterocycles. The van der Waals surface area contributed by atoms with E-state index in [0.717, 1.165) is 5.56 Å². The lowest BCUT2D eigenvalue weighted by Crippen LogP contribution is -2.46. The molecule has 5 nitrogen and oxygen atoms in total. The summed E-state index contributed by atoms with van der Waals surface area (Å²) in [4.78, 5) is 15.8. The first-order valence-corrected chi connectivity index (χ1v) is 7.78. The van der Waals surface area contributed by atoms with Gasteiger partial charge in [0.15, 0.2) is 5.96 Å². The maximum atomic E-state index is 11.3. The lowest BCUT2D eigenvalue weighted by atomic mass is 9.93. The van der Waals surface area contributed by atoms with Crippen molar-refractivity contribution in [3.8, 4) is 0 Å². The Kier molecular flexibility index (Phi) is 6.97. The monoisotopic (exact) mass is 344 g/mol. The zero-order valence-electron chi connectivity index (χ0n) is 13.0. The minimum Gasteiger partial charge on any atom is -0.369 e. The Morgan fingerprint density at radius 1 is 1.32 bits per heavy atom. The van der Waals surface area contributed by atoms with Gasteiger partial charge in [-0.3, -0.25) is 4.79 Å². The molecule has 0 bridgehead atoms. The van der Waals surface area contributed by atoms with E-state index in [9.17, 15) is 4.79 Å². The van der Waals surface area contributed by atoms with Gasteiger partial charge in [-0.15, -0.1) is 0 Å². The topological polar surface area (TPSA) is 79.5 Å². The van der Waals surface area contributed by atoms with Crippen molar-refractivity contribution in [1.82, 2.24) is 10.6 Å². The average molecular weight is 345 g/mol. The van der Waals surface area contributed by atoms with Crippen LogP contribution in [-0.4, -0.2) is 25.0 Å². The molecule has 1 rings (SSSR count). The molecule has 4 N–H and O–H groups in total. The molecule has 0 atom stereocenters. The van der Waals surface area contributed by atoms with E-state index in [4.69, 9.17) is 28.9 Å². The molecule has 0 aromatic heterocycles. The number of hydrogen-bond acceptors (Lipinski definition) is 2. The number of nitrogens with zero attached hydrogens (tertiary/aromatic N) is 1. The SMILES string of the molecule is CCNC(=NCc1ccc(Cl)cc1Cl)NCC(C)(C)C(N)=O.